The van der Waals surface area contributed by atoms with E-state index in [1.54, 1.807) is 18.0 Å². The smallest absolute Gasteiger partial charge is 0.325 e. The van der Waals surface area contributed by atoms with Gasteiger partial charge in [-0.3, -0.25) is 24.3 Å². The van der Waals surface area contributed by atoms with Gasteiger partial charge in [0.2, 0.25) is 11.8 Å². The zero-order chi connectivity index (χ0) is 22.9. The van der Waals surface area contributed by atoms with Crippen molar-refractivity contribution in [1.82, 2.24) is 24.6 Å². The molecular weight excluding hydrogens is 410 g/mol. The van der Waals surface area contributed by atoms with E-state index in [0.29, 0.717) is 45.6 Å². The van der Waals surface area contributed by atoms with Gasteiger partial charge in [-0.25, -0.2) is 0 Å². The minimum atomic E-state index is -0.379. The Morgan fingerprint density at radius 1 is 1.12 bits per heavy atom. The van der Waals surface area contributed by atoms with Crippen LogP contribution in [0.15, 0.2) is 24.4 Å². The lowest BCUT2D eigenvalue weighted by Gasteiger charge is -2.40. The van der Waals surface area contributed by atoms with Crippen molar-refractivity contribution < 1.29 is 19.1 Å². The van der Waals surface area contributed by atoms with E-state index in [2.05, 4.69) is 14.8 Å². The van der Waals surface area contributed by atoms with Gasteiger partial charge in [-0.2, -0.15) is 0 Å². The summed E-state index contributed by atoms with van der Waals surface area (Å²) in [6.07, 6.45) is 2.71. The van der Waals surface area contributed by atoms with E-state index in [9.17, 15) is 14.4 Å². The van der Waals surface area contributed by atoms with Crippen molar-refractivity contribution in [3.05, 3.63) is 30.1 Å². The largest absolute Gasteiger partial charge is 0.465 e. The average Bonchev–Trinajstić information content (AvgIpc) is 2.78. The van der Waals surface area contributed by atoms with Gasteiger partial charge in [0.05, 0.1) is 18.2 Å². The van der Waals surface area contributed by atoms with E-state index in [1.807, 2.05) is 30.1 Å². The van der Waals surface area contributed by atoms with Crippen LogP contribution in [0.5, 0.6) is 0 Å². The first kappa shape index (κ1) is 24.1. The molecule has 0 atom stereocenters. The highest BCUT2D eigenvalue weighted by molar-refractivity contribution is 5.82. The summed E-state index contributed by atoms with van der Waals surface area (Å²) in [5.41, 5.74) is 1.01. The van der Waals surface area contributed by atoms with Gasteiger partial charge in [0.15, 0.2) is 0 Å². The van der Waals surface area contributed by atoms with Crippen molar-refractivity contribution in [2.24, 2.45) is 5.92 Å². The first-order chi connectivity index (χ1) is 15.5. The van der Waals surface area contributed by atoms with Crippen molar-refractivity contribution >= 4 is 17.8 Å². The summed E-state index contributed by atoms with van der Waals surface area (Å²) in [4.78, 5) is 49.8. The van der Waals surface area contributed by atoms with E-state index in [-0.39, 0.29) is 30.2 Å². The quantitative estimate of drug-likeness (QED) is 0.588. The molecule has 0 aromatic carbocycles. The molecule has 9 nitrogen and oxygen atoms in total. The van der Waals surface area contributed by atoms with Gasteiger partial charge in [-0.15, -0.1) is 0 Å². The highest BCUT2D eigenvalue weighted by Crippen LogP contribution is 2.21. The Morgan fingerprint density at radius 3 is 2.62 bits per heavy atom. The fraction of sp³-hybridized carbons (Fsp3) is 0.652. The number of hydrogen-bond donors (Lipinski definition) is 0. The molecule has 0 bridgehead atoms. The number of likely N-dealkylation sites (N-methyl/N-ethyl adjacent to an activating group) is 1. The molecule has 0 unspecified atom stereocenters. The molecule has 2 amide bonds. The number of pyridine rings is 1. The molecular formula is C23H35N5O4. The lowest BCUT2D eigenvalue weighted by atomic mass is 9.97. The Hall–Kier alpha value is -2.52. The van der Waals surface area contributed by atoms with Gasteiger partial charge in [-0.05, 0) is 32.5 Å². The van der Waals surface area contributed by atoms with Crippen LogP contribution in [0.25, 0.3) is 0 Å². The summed E-state index contributed by atoms with van der Waals surface area (Å²) in [7, 11) is 1.98. The number of hydrogen-bond acceptors (Lipinski definition) is 7. The maximum absolute atomic E-state index is 13.1. The first-order valence-electron chi connectivity index (χ1n) is 11.5. The second kappa shape index (κ2) is 11.9. The second-order valence-electron chi connectivity index (χ2n) is 8.56. The summed E-state index contributed by atoms with van der Waals surface area (Å²) >= 11 is 0. The van der Waals surface area contributed by atoms with Crippen LogP contribution in [0.1, 0.15) is 25.5 Å². The van der Waals surface area contributed by atoms with Crippen LogP contribution in [-0.2, 0) is 25.7 Å². The van der Waals surface area contributed by atoms with Gasteiger partial charge >= 0.3 is 5.97 Å². The second-order valence-corrected chi connectivity index (χ2v) is 8.56. The third kappa shape index (κ3) is 7.00. The molecule has 2 saturated heterocycles. The molecule has 32 heavy (non-hydrogen) atoms. The van der Waals surface area contributed by atoms with Crippen LogP contribution in [-0.4, -0.2) is 108 Å². The molecule has 9 heteroatoms. The Morgan fingerprint density at radius 2 is 1.91 bits per heavy atom. The summed E-state index contributed by atoms with van der Waals surface area (Å²) in [6.45, 7) is 7.36. The van der Waals surface area contributed by atoms with Crippen molar-refractivity contribution in [3.8, 4) is 0 Å². The van der Waals surface area contributed by atoms with Gasteiger partial charge in [0.25, 0.3) is 0 Å². The van der Waals surface area contributed by atoms with E-state index in [1.165, 1.54) is 0 Å². The molecule has 2 aliphatic rings. The number of carbonyl (C=O) groups is 3. The van der Waals surface area contributed by atoms with Crippen molar-refractivity contribution in [2.75, 3.05) is 66.0 Å². The Balaban J connectivity index is 1.51. The van der Waals surface area contributed by atoms with Gasteiger partial charge in [0.1, 0.15) is 6.54 Å². The van der Waals surface area contributed by atoms with Crippen LogP contribution in [0.3, 0.4) is 0 Å². The van der Waals surface area contributed by atoms with Crippen LogP contribution >= 0.6 is 0 Å². The van der Waals surface area contributed by atoms with Crippen LogP contribution in [0, 0.1) is 5.92 Å². The summed E-state index contributed by atoms with van der Waals surface area (Å²) in [6, 6.07) is 5.88. The molecule has 3 heterocycles. The van der Waals surface area contributed by atoms with Crippen molar-refractivity contribution in [1.29, 1.82) is 0 Å². The first-order valence-corrected chi connectivity index (χ1v) is 11.5. The molecule has 0 aliphatic carbocycles. The third-order valence-electron chi connectivity index (χ3n) is 6.03. The van der Waals surface area contributed by atoms with Crippen LogP contribution < -0.4 is 0 Å². The molecule has 1 aromatic heterocycles. The van der Waals surface area contributed by atoms with Crippen LogP contribution in [0.4, 0.5) is 0 Å². The van der Waals surface area contributed by atoms with Crippen molar-refractivity contribution in [2.45, 2.75) is 26.3 Å². The average molecular weight is 446 g/mol. The number of aromatic nitrogens is 1. The predicted octanol–water partition coefficient (Wildman–Crippen LogP) is 0.459. The van der Waals surface area contributed by atoms with Gasteiger partial charge < -0.3 is 19.4 Å². The van der Waals surface area contributed by atoms with E-state index >= 15 is 0 Å². The summed E-state index contributed by atoms with van der Waals surface area (Å²) in [5, 5.41) is 0. The molecule has 0 spiro atoms. The molecule has 0 N–H and O–H groups in total. The highest BCUT2D eigenvalue weighted by Gasteiger charge is 2.35. The summed E-state index contributed by atoms with van der Waals surface area (Å²) < 4.78 is 5.01. The standard InChI is InChI=1S/C23H35N5O4/c1-3-32-22(30)18-28-14-12-25(2)11-13-27(10-6-8-21(28)29)23(31)19-15-26(16-19)17-20-7-4-5-9-24-20/h4-5,7,9,19H,3,6,8,10-18H2,1-2H3. The van der Waals surface area contributed by atoms with Gasteiger partial charge in [0, 0.05) is 65.0 Å². The maximum Gasteiger partial charge on any atom is 0.325 e. The number of amides is 2. The molecule has 176 valence electrons. The van der Waals surface area contributed by atoms with Crippen molar-refractivity contribution in [3.63, 3.8) is 0 Å². The fourth-order valence-electron chi connectivity index (χ4n) is 4.09. The van der Waals surface area contributed by atoms with E-state index in [0.717, 1.165) is 31.9 Å². The number of likely N-dealkylation sites (tertiary alicyclic amines) is 1. The Labute approximate surface area is 190 Å². The number of carbonyl (C=O) groups excluding carboxylic acids is 3. The highest BCUT2D eigenvalue weighted by atomic mass is 16.5. The molecule has 0 radical (unpaired) electrons. The predicted molar refractivity (Wildman–Crippen MR) is 120 cm³/mol. The Kier molecular flexibility index (Phi) is 8.99. The molecule has 1 aromatic rings. The topological polar surface area (TPSA) is 86.3 Å². The van der Waals surface area contributed by atoms with E-state index in [4.69, 9.17) is 4.74 Å². The van der Waals surface area contributed by atoms with Gasteiger partial charge in [-0.1, -0.05) is 6.07 Å². The SMILES string of the molecule is CCOC(=O)CN1CCN(C)CCN(C(=O)C2CN(Cc3ccccn3)C2)CCCC1=O. The molecule has 2 fully saturated rings. The third-order valence-corrected chi connectivity index (χ3v) is 6.03. The summed E-state index contributed by atoms with van der Waals surface area (Å²) in [5.74, 6) is -0.266. The normalized spacial score (nSPS) is 19.9. The zero-order valence-corrected chi connectivity index (χ0v) is 19.2. The minimum absolute atomic E-state index is 0.00478. The minimum Gasteiger partial charge on any atom is -0.465 e. The number of nitrogens with zero attached hydrogens (tertiary/aromatic N) is 5. The lowest BCUT2D eigenvalue weighted by Crippen LogP contribution is -2.55. The number of esters is 1. The number of rotatable bonds is 6. The van der Waals surface area contributed by atoms with Crippen LogP contribution in [0.2, 0.25) is 0 Å². The molecule has 2 aliphatic heterocycles. The zero-order valence-electron chi connectivity index (χ0n) is 19.2. The number of ether oxygens (including phenoxy) is 1. The Bertz CT molecular complexity index is 769. The molecule has 0 saturated carbocycles. The maximum atomic E-state index is 13.1. The monoisotopic (exact) mass is 445 g/mol. The molecule has 3 rings (SSSR count). The lowest BCUT2D eigenvalue weighted by molar-refractivity contribution is -0.149. The van der Waals surface area contributed by atoms with E-state index < -0.39 is 0 Å². The fourth-order valence-corrected chi connectivity index (χ4v) is 4.09.